The van der Waals surface area contributed by atoms with E-state index in [1.165, 1.54) is 22.7 Å². The maximum absolute atomic E-state index is 13.9. The molecule has 1 spiro atoms. The van der Waals surface area contributed by atoms with Crippen LogP contribution in [0.5, 0.6) is 5.75 Å². The maximum atomic E-state index is 13.9. The molecule has 3 heterocycles. The van der Waals surface area contributed by atoms with Gasteiger partial charge in [-0.1, -0.05) is 12.1 Å². The largest absolute Gasteiger partial charge is 0.497 e. The van der Waals surface area contributed by atoms with Gasteiger partial charge in [0.1, 0.15) is 11.6 Å². The summed E-state index contributed by atoms with van der Waals surface area (Å²) < 4.78 is 21.7. The van der Waals surface area contributed by atoms with Crippen LogP contribution in [-0.4, -0.2) is 59.9 Å². The van der Waals surface area contributed by atoms with E-state index in [0.717, 1.165) is 49.3 Å². The molecule has 0 bridgehead atoms. The lowest BCUT2D eigenvalue weighted by Gasteiger charge is -2.50. The summed E-state index contributed by atoms with van der Waals surface area (Å²) in [6, 6.07) is 13.0. The third-order valence-corrected chi connectivity index (χ3v) is 7.64. The summed E-state index contributed by atoms with van der Waals surface area (Å²) in [5, 5.41) is 11.8. The van der Waals surface area contributed by atoms with E-state index >= 15 is 0 Å². The van der Waals surface area contributed by atoms with Gasteiger partial charge in [0.05, 0.1) is 25.3 Å². The zero-order chi connectivity index (χ0) is 22.5. The highest BCUT2D eigenvalue weighted by atomic mass is 19.1. The van der Waals surface area contributed by atoms with Gasteiger partial charge < -0.3 is 19.3 Å². The van der Waals surface area contributed by atoms with Crippen molar-refractivity contribution in [2.75, 3.05) is 40.4 Å². The predicted molar refractivity (Wildman–Crippen MR) is 125 cm³/mol. The van der Waals surface area contributed by atoms with Gasteiger partial charge in [0.15, 0.2) is 0 Å². The zero-order valence-electron chi connectivity index (χ0n) is 19.1. The Bertz CT molecular complexity index is 1130. The Morgan fingerprint density at radius 3 is 2.59 bits per heavy atom. The third-order valence-electron chi connectivity index (χ3n) is 7.64. The molecule has 2 aliphatic rings. The van der Waals surface area contributed by atoms with Crippen molar-refractivity contribution in [3.63, 3.8) is 0 Å². The third kappa shape index (κ3) is 3.41. The second-order valence-electron chi connectivity index (χ2n) is 9.52. The molecule has 5 rings (SSSR count). The van der Waals surface area contributed by atoms with Crippen LogP contribution >= 0.6 is 0 Å². The molecular formula is C26H32FN3O2. The number of fused-ring (bicyclic) bond motifs is 4. The van der Waals surface area contributed by atoms with Gasteiger partial charge in [-0.2, -0.15) is 0 Å². The molecule has 5 nitrogen and oxygen atoms in total. The van der Waals surface area contributed by atoms with E-state index in [9.17, 15) is 9.50 Å². The number of hydrogen-bond acceptors (Lipinski definition) is 4. The molecule has 6 heteroatoms. The monoisotopic (exact) mass is 437 g/mol. The average Bonchev–Trinajstić information content (AvgIpc) is 3.09. The van der Waals surface area contributed by atoms with E-state index in [0.29, 0.717) is 6.54 Å². The SMILES string of the molecule is COc1ccc2c3c(n(C)c2c1)[C@H](CO)N(Cc1cccc(F)c1)CC31CCN(C)CC1. The Morgan fingerprint density at radius 2 is 1.91 bits per heavy atom. The molecule has 0 aliphatic carbocycles. The first-order valence-corrected chi connectivity index (χ1v) is 11.4. The zero-order valence-corrected chi connectivity index (χ0v) is 19.1. The molecule has 2 aromatic carbocycles. The molecular weight excluding hydrogens is 405 g/mol. The van der Waals surface area contributed by atoms with Gasteiger partial charge in [-0.15, -0.1) is 0 Å². The number of nitrogens with zero attached hydrogens (tertiary/aromatic N) is 3. The summed E-state index contributed by atoms with van der Waals surface area (Å²) in [5.41, 5.74) is 4.66. The fourth-order valence-corrected chi connectivity index (χ4v) is 5.95. The van der Waals surface area contributed by atoms with E-state index in [2.05, 4.69) is 40.6 Å². The number of aliphatic hydroxyl groups is 1. The predicted octanol–water partition coefficient (Wildman–Crippen LogP) is 3.84. The lowest BCUT2D eigenvalue weighted by atomic mass is 9.68. The number of hydrogen-bond donors (Lipinski definition) is 1. The van der Waals surface area contributed by atoms with Gasteiger partial charge in [-0.05, 0) is 68.4 Å². The average molecular weight is 438 g/mol. The minimum absolute atomic E-state index is 0.00887. The Balaban J connectivity index is 1.68. The highest BCUT2D eigenvalue weighted by Gasteiger charge is 2.47. The fraction of sp³-hybridized carbons (Fsp3) is 0.462. The van der Waals surface area contributed by atoms with Gasteiger partial charge in [0.2, 0.25) is 0 Å². The number of aliphatic hydroxyl groups excluding tert-OH is 1. The Morgan fingerprint density at radius 1 is 1.12 bits per heavy atom. The number of aryl methyl sites for hydroxylation is 1. The molecule has 1 aromatic heterocycles. The van der Waals surface area contributed by atoms with Crippen LogP contribution in [0.4, 0.5) is 4.39 Å². The molecule has 0 radical (unpaired) electrons. The second-order valence-corrected chi connectivity index (χ2v) is 9.52. The van der Waals surface area contributed by atoms with Crippen LogP contribution in [0.1, 0.15) is 35.7 Å². The highest BCUT2D eigenvalue weighted by molar-refractivity contribution is 5.88. The molecule has 170 valence electrons. The highest BCUT2D eigenvalue weighted by Crippen LogP contribution is 2.50. The van der Waals surface area contributed by atoms with Crippen molar-refractivity contribution in [2.24, 2.45) is 7.05 Å². The fourth-order valence-electron chi connectivity index (χ4n) is 5.95. The molecule has 0 unspecified atom stereocenters. The van der Waals surface area contributed by atoms with Crippen molar-refractivity contribution in [3.8, 4) is 5.75 Å². The Labute approximate surface area is 189 Å². The summed E-state index contributed by atoms with van der Waals surface area (Å²) in [7, 11) is 5.98. The van der Waals surface area contributed by atoms with E-state index < -0.39 is 0 Å². The lowest BCUT2D eigenvalue weighted by molar-refractivity contribution is 0.0455. The molecule has 1 saturated heterocycles. The van der Waals surface area contributed by atoms with Gasteiger partial charge in [0.25, 0.3) is 0 Å². The van der Waals surface area contributed by atoms with Gasteiger partial charge in [0, 0.05) is 42.7 Å². The van der Waals surface area contributed by atoms with Crippen molar-refractivity contribution in [1.29, 1.82) is 0 Å². The van der Waals surface area contributed by atoms with E-state index in [4.69, 9.17) is 4.74 Å². The summed E-state index contributed by atoms with van der Waals surface area (Å²) >= 11 is 0. The minimum Gasteiger partial charge on any atom is -0.497 e. The lowest BCUT2D eigenvalue weighted by Crippen LogP contribution is -2.53. The topological polar surface area (TPSA) is 40.9 Å². The summed E-state index contributed by atoms with van der Waals surface area (Å²) in [6.45, 7) is 3.60. The van der Waals surface area contributed by atoms with E-state index in [1.807, 2.05) is 12.1 Å². The van der Waals surface area contributed by atoms with Crippen LogP contribution in [-0.2, 0) is 19.0 Å². The number of piperidine rings is 1. The molecule has 0 amide bonds. The van der Waals surface area contributed by atoms with Crippen LogP contribution in [0, 0.1) is 5.82 Å². The smallest absolute Gasteiger partial charge is 0.123 e. The quantitative estimate of drug-likeness (QED) is 0.673. The molecule has 2 aliphatic heterocycles. The van der Waals surface area contributed by atoms with Crippen molar-refractivity contribution < 1.29 is 14.2 Å². The molecule has 1 fully saturated rings. The van der Waals surface area contributed by atoms with Crippen LogP contribution in [0.2, 0.25) is 0 Å². The standard InChI is InChI=1S/C26H32FN3O2/c1-28-11-9-26(10-12-28)17-30(15-18-5-4-6-19(27)13-18)23(16-31)25-24(26)21-8-7-20(32-3)14-22(21)29(25)2/h4-8,13-14,23,31H,9-12,15-17H2,1-3H3/t23-/m0/s1. The number of likely N-dealkylation sites (tertiary alicyclic amines) is 1. The van der Waals surface area contributed by atoms with Crippen LogP contribution < -0.4 is 4.74 Å². The molecule has 32 heavy (non-hydrogen) atoms. The maximum Gasteiger partial charge on any atom is 0.123 e. The van der Waals surface area contributed by atoms with Gasteiger partial charge in [-0.25, -0.2) is 4.39 Å². The molecule has 3 aromatic rings. The van der Waals surface area contributed by atoms with Crippen LogP contribution in [0.15, 0.2) is 42.5 Å². The summed E-state index contributed by atoms with van der Waals surface area (Å²) in [5.74, 6) is 0.622. The molecule has 0 saturated carbocycles. The van der Waals surface area contributed by atoms with Crippen molar-refractivity contribution in [3.05, 3.63) is 65.1 Å². The molecule has 1 atom stereocenters. The number of halogens is 1. The normalized spacial score (nSPS) is 21.2. The van der Waals surface area contributed by atoms with Crippen molar-refractivity contribution in [1.82, 2.24) is 14.4 Å². The Hall–Kier alpha value is -2.41. The first-order valence-electron chi connectivity index (χ1n) is 11.4. The van der Waals surface area contributed by atoms with Gasteiger partial charge >= 0.3 is 0 Å². The number of aromatic nitrogens is 1. The second kappa shape index (κ2) is 8.18. The number of rotatable bonds is 4. The summed E-state index contributed by atoms with van der Waals surface area (Å²) in [6.07, 6.45) is 2.14. The van der Waals surface area contributed by atoms with Crippen molar-refractivity contribution >= 4 is 10.9 Å². The first kappa shape index (κ1) is 21.4. The first-order chi connectivity index (χ1) is 15.5. The Kier molecular flexibility index (Phi) is 5.48. The van der Waals surface area contributed by atoms with Crippen LogP contribution in [0.3, 0.4) is 0 Å². The minimum atomic E-state index is -0.216. The van der Waals surface area contributed by atoms with E-state index in [-0.39, 0.29) is 23.9 Å². The number of benzene rings is 2. The summed E-state index contributed by atoms with van der Waals surface area (Å²) in [4.78, 5) is 4.76. The van der Waals surface area contributed by atoms with Gasteiger partial charge in [-0.3, -0.25) is 4.90 Å². The van der Waals surface area contributed by atoms with Crippen molar-refractivity contribution in [2.45, 2.75) is 30.8 Å². The number of ether oxygens (including phenoxy) is 1. The van der Waals surface area contributed by atoms with Crippen LogP contribution in [0.25, 0.3) is 10.9 Å². The molecule has 1 N–H and O–H groups in total. The number of methoxy groups -OCH3 is 1. The van der Waals surface area contributed by atoms with E-state index in [1.54, 1.807) is 19.2 Å².